The molecule has 8 heteroatoms. The zero-order valence-electron chi connectivity index (χ0n) is 16.1. The summed E-state index contributed by atoms with van der Waals surface area (Å²) in [6.45, 7) is 2.18. The van der Waals surface area contributed by atoms with Gasteiger partial charge in [0.2, 0.25) is 5.82 Å². The smallest absolute Gasteiger partial charge is 0.289 e. The summed E-state index contributed by atoms with van der Waals surface area (Å²) in [4.78, 5) is 27.0. The molecule has 3 aromatic rings. The number of aryl methyl sites for hydroxylation is 1. The van der Waals surface area contributed by atoms with Gasteiger partial charge in [-0.1, -0.05) is 30.3 Å². The summed E-state index contributed by atoms with van der Waals surface area (Å²) < 4.78 is 15.4. The number of carbonyl (C=O) groups excluding carboxylic acids is 2. The fraction of sp³-hybridized carbons (Fsp3) is 0.238. The minimum Gasteiger partial charge on any atom is -0.352 e. The lowest BCUT2D eigenvalue weighted by atomic mass is 10.0. The number of aromatic nitrogens is 3. The van der Waals surface area contributed by atoms with Crippen LogP contribution in [0, 0.1) is 12.7 Å². The second-order valence-corrected chi connectivity index (χ2v) is 6.97. The van der Waals surface area contributed by atoms with Gasteiger partial charge >= 0.3 is 0 Å². The molecule has 7 nitrogen and oxygen atoms in total. The summed E-state index contributed by atoms with van der Waals surface area (Å²) >= 11 is 0. The largest absolute Gasteiger partial charge is 0.352 e. The molecule has 1 aliphatic heterocycles. The number of rotatable bonds is 3. The summed E-state index contributed by atoms with van der Waals surface area (Å²) in [6.07, 6.45) is 0. The highest BCUT2D eigenvalue weighted by Crippen LogP contribution is 2.29. The number of nitrogens with zero attached hydrogens (tertiary/aromatic N) is 4. The van der Waals surface area contributed by atoms with Crippen LogP contribution < -0.4 is 5.32 Å². The maximum atomic E-state index is 13.6. The Labute approximate surface area is 167 Å². The molecule has 1 unspecified atom stereocenters. The van der Waals surface area contributed by atoms with Crippen LogP contribution in [-0.4, -0.2) is 45.1 Å². The Kier molecular flexibility index (Phi) is 4.84. The van der Waals surface area contributed by atoms with Gasteiger partial charge in [0, 0.05) is 19.2 Å². The maximum absolute atomic E-state index is 13.6. The van der Waals surface area contributed by atoms with Gasteiger partial charge < -0.3 is 10.2 Å². The number of halogens is 1. The van der Waals surface area contributed by atoms with Crippen LogP contribution in [0.5, 0.6) is 0 Å². The number of benzene rings is 2. The quantitative estimate of drug-likeness (QED) is 0.741. The normalized spacial score (nSPS) is 15.7. The number of amides is 2. The molecule has 2 aromatic carbocycles. The first-order valence-electron chi connectivity index (χ1n) is 9.26. The fourth-order valence-corrected chi connectivity index (χ4v) is 3.60. The molecule has 4 rings (SSSR count). The monoisotopic (exact) mass is 393 g/mol. The van der Waals surface area contributed by atoms with Crippen molar-refractivity contribution < 1.29 is 14.0 Å². The fourth-order valence-electron chi connectivity index (χ4n) is 3.60. The van der Waals surface area contributed by atoms with Crippen molar-refractivity contribution in [2.45, 2.75) is 19.5 Å². The molecule has 0 radical (unpaired) electrons. The van der Waals surface area contributed by atoms with Crippen LogP contribution in [0.3, 0.4) is 0 Å². The van der Waals surface area contributed by atoms with E-state index >= 15 is 0 Å². The number of nitrogens with one attached hydrogen (secondary N) is 1. The van der Waals surface area contributed by atoms with E-state index in [1.165, 1.54) is 19.2 Å². The van der Waals surface area contributed by atoms with Crippen molar-refractivity contribution in [3.63, 3.8) is 0 Å². The van der Waals surface area contributed by atoms with E-state index in [4.69, 9.17) is 0 Å². The molecule has 0 bridgehead atoms. The summed E-state index contributed by atoms with van der Waals surface area (Å²) in [5, 5.41) is 10.8. The van der Waals surface area contributed by atoms with Crippen LogP contribution in [-0.2, 0) is 6.54 Å². The highest BCUT2D eigenvalue weighted by molar-refractivity contribution is 5.94. The second kappa shape index (κ2) is 7.46. The Hall–Kier alpha value is -3.55. The molecular weight excluding hydrogens is 373 g/mol. The average molecular weight is 393 g/mol. The number of hydrogen-bond acceptors (Lipinski definition) is 4. The molecule has 2 amide bonds. The van der Waals surface area contributed by atoms with E-state index in [1.54, 1.807) is 22.5 Å². The summed E-state index contributed by atoms with van der Waals surface area (Å²) in [7, 11) is 1.54. The highest BCUT2D eigenvalue weighted by Gasteiger charge is 2.34. The number of hydrogen-bond donors (Lipinski definition) is 1. The predicted molar refractivity (Wildman–Crippen MR) is 104 cm³/mol. The van der Waals surface area contributed by atoms with Gasteiger partial charge in [-0.3, -0.25) is 14.2 Å². The van der Waals surface area contributed by atoms with Gasteiger partial charge in [0.15, 0.2) is 5.82 Å². The third-order valence-corrected chi connectivity index (χ3v) is 5.11. The Morgan fingerprint density at radius 3 is 2.59 bits per heavy atom. The maximum Gasteiger partial charge on any atom is 0.289 e. The van der Waals surface area contributed by atoms with Crippen LogP contribution >= 0.6 is 0 Å². The molecule has 1 N–H and O–H groups in total. The van der Waals surface area contributed by atoms with Gasteiger partial charge in [0.25, 0.3) is 11.8 Å². The lowest BCUT2D eigenvalue weighted by Crippen LogP contribution is -2.42. The standard InChI is InChI=1S/C21H20FN5O2/c1-13-10-15(8-9-16(13)22)21(29)26-11-17(14-6-4-3-5-7-14)27-18(12-26)24-25-19(27)20(28)23-2/h3-10,17H,11-12H2,1-2H3,(H,23,28). The molecule has 2 heterocycles. The van der Waals surface area contributed by atoms with Crippen molar-refractivity contribution in [3.05, 3.63) is 82.7 Å². The van der Waals surface area contributed by atoms with Crippen molar-refractivity contribution in [1.82, 2.24) is 25.0 Å². The van der Waals surface area contributed by atoms with E-state index in [9.17, 15) is 14.0 Å². The van der Waals surface area contributed by atoms with E-state index < -0.39 is 0 Å². The van der Waals surface area contributed by atoms with Crippen molar-refractivity contribution >= 4 is 11.8 Å². The number of carbonyl (C=O) groups is 2. The Morgan fingerprint density at radius 2 is 1.90 bits per heavy atom. The third-order valence-electron chi connectivity index (χ3n) is 5.11. The molecule has 0 aliphatic carbocycles. The lowest BCUT2D eigenvalue weighted by Gasteiger charge is -2.34. The van der Waals surface area contributed by atoms with Crippen molar-refractivity contribution in [2.24, 2.45) is 0 Å². The van der Waals surface area contributed by atoms with E-state index in [0.717, 1.165) is 5.56 Å². The lowest BCUT2D eigenvalue weighted by molar-refractivity contribution is 0.0687. The van der Waals surface area contributed by atoms with Crippen LogP contribution in [0.2, 0.25) is 0 Å². The topological polar surface area (TPSA) is 80.1 Å². The molecule has 148 valence electrons. The molecule has 29 heavy (non-hydrogen) atoms. The molecule has 0 saturated carbocycles. The van der Waals surface area contributed by atoms with Crippen LogP contribution in [0.4, 0.5) is 4.39 Å². The summed E-state index contributed by atoms with van der Waals surface area (Å²) in [5.41, 5.74) is 1.76. The van der Waals surface area contributed by atoms with Gasteiger partial charge in [0.05, 0.1) is 12.6 Å². The molecule has 0 fully saturated rings. The minimum absolute atomic E-state index is 0.209. The van der Waals surface area contributed by atoms with E-state index in [-0.39, 0.29) is 36.0 Å². The first-order valence-corrected chi connectivity index (χ1v) is 9.26. The zero-order valence-corrected chi connectivity index (χ0v) is 16.1. The molecule has 1 atom stereocenters. The van der Waals surface area contributed by atoms with Gasteiger partial charge in [-0.05, 0) is 36.2 Å². The number of fused-ring (bicyclic) bond motifs is 1. The van der Waals surface area contributed by atoms with Gasteiger partial charge in [-0.2, -0.15) is 0 Å². The average Bonchev–Trinajstić information content (AvgIpc) is 3.18. The van der Waals surface area contributed by atoms with Crippen molar-refractivity contribution in [3.8, 4) is 0 Å². The van der Waals surface area contributed by atoms with Gasteiger partial charge in [-0.15, -0.1) is 10.2 Å². The van der Waals surface area contributed by atoms with Crippen LogP contribution in [0.25, 0.3) is 0 Å². The SMILES string of the molecule is CNC(=O)c1nnc2n1C(c1ccccc1)CN(C(=O)c1ccc(F)c(C)c1)C2. The zero-order chi connectivity index (χ0) is 20.5. The van der Waals surface area contributed by atoms with Crippen molar-refractivity contribution in [1.29, 1.82) is 0 Å². The molecule has 0 saturated heterocycles. The highest BCUT2D eigenvalue weighted by atomic mass is 19.1. The Morgan fingerprint density at radius 1 is 1.14 bits per heavy atom. The Bertz CT molecular complexity index is 1080. The summed E-state index contributed by atoms with van der Waals surface area (Å²) in [6, 6.07) is 13.6. The summed E-state index contributed by atoms with van der Waals surface area (Å²) in [5.74, 6) is -0.169. The molecule has 1 aromatic heterocycles. The minimum atomic E-state index is -0.350. The van der Waals surface area contributed by atoms with Crippen LogP contribution in [0.15, 0.2) is 48.5 Å². The van der Waals surface area contributed by atoms with Crippen molar-refractivity contribution in [2.75, 3.05) is 13.6 Å². The molecular formula is C21H20FN5O2. The molecule has 1 aliphatic rings. The first-order chi connectivity index (χ1) is 14.0. The molecule has 0 spiro atoms. The van der Waals surface area contributed by atoms with Gasteiger partial charge in [-0.25, -0.2) is 4.39 Å². The predicted octanol–water partition coefficient (Wildman–Crippen LogP) is 2.33. The second-order valence-electron chi connectivity index (χ2n) is 6.97. The van der Waals surface area contributed by atoms with E-state index in [1.807, 2.05) is 30.3 Å². The van der Waals surface area contributed by atoms with Crippen LogP contribution in [0.1, 0.15) is 44.0 Å². The van der Waals surface area contributed by atoms with Gasteiger partial charge in [0.1, 0.15) is 5.82 Å². The van der Waals surface area contributed by atoms with E-state index in [2.05, 4.69) is 15.5 Å². The third kappa shape index (κ3) is 3.37. The Balaban J connectivity index is 1.75. The first kappa shape index (κ1) is 18.8. The van der Waals surface area contributed by atoms with E-state index in [0.29, 0.717) is 23.5 Å².